The SMILES string of the molecule is COC(=O)c1c(-c2ccccc2C)ncc2cc(OC)c(OC)cc12. The first kappa shape index (κ1) is 16.8. The molecular formula is C20H19NO4. The highest BCUT2D eigenvalue weighted by Crippen LogP contribution is 2.37. The molecule has 3 rings (SSSR count). The van der Waals surface area contributed by atoms with Gasteiger partial charge in [-0.15, -0.1) is 0 Å². The van der Waals surface area contributed by atoms with Crippen LogP contribution in [0.3, 0.4) is 0 Å². The smallest absolute Gasteiger partial charge is 0.340 e. The fourth-order valence-corrected chi connectivity index (χ4v) is 2.90. The van der Waals surface area contributed by atoms with Crippen molar-refractivity contribution in [3.63, 3.8) is 0 Å². The van der Waals surface area contributed by atoms with E-state index in [0.717, 1.165) is 16.5 Å². The number of carbonyl (C=O) groups is 1. The maximum absolute atomic E-state index is 12.6. The zero-order valence-electron chi connectivity index (χ0n) is 14.6. The van der Waals surface area contributed by atoms with Gasteiger partial charge >= 0.3 is 5.97 Å². The topological polar surface area (TPSA) is 57.7 Å². The van der Waals surface area contributed by atoms with E-state index >= 15 is 0 Å². The molecule has 0 spiro atoms. The maximum Gasteiger partial charge on any atom is 0.340 e. The predicted molar refractivity (Wildman–Crippen MR) is 96.4 cm³/mol. The van der Waals surface area contributed by atoms with Crippen LogP contribution in [0.5, 0.6) is 11.5 Å². The first-order valence-corrected chi connectivity index (χ1v) is 7.79. The minimum absolute atomic E-state index is 0.412. The Hall–Kier alpha value is -3.08. The number of esters is 1. The van der Waals surface area contributed by atoms with E-state index in [4.69, 9.17) is 14.2 Å². The summed E-state index contributed by atoms with van der Waals surface area (Å²) in [5, 5.41) is 1.48. The Balaban J connectivity index is 2.39. The van der Waals surface area contributed by atoms with Crippen molar-refractivity contribution >= 4 is 16.7 Å². The number of rotatable bonds is 4. The van der Waals surface area contributed by atoms with Gasteiger partial charge in [0.2, 0.25) is 0 Å². The number of ether oxygens (including phenoxy) is 3. The standard InChI is InChI=1S/C20H19NO4/c1-12-7-5-6-8-14(12)19-18(20(22)25-4)15-10-17(24-3)16(23-2)9-13(15)11-21-19/h5-11H,1-4H3. The molecule has 0 saturated heterocycles. The van der Waals surface area contributed by atoms with Gasteiger partial charge in [0.15, 0.2) is 11.5 Å². The first-order valence-electron chi connectivity index (χ1n) is 7.79. The Morgan fingerprint density at radius 1 is 1.00 bits per heavy atom. The van der Waals surface area contributed by atoms with Crippen molar-refractivity contribution in [3.05, 3.63) is 53.7 Å². The lowest BCUT2D eigenvalue weighted by Gasteiger charge is -2.15. The lowest BCUT2D eigenvalue weighted by Crippen LogP contribution is -2.07. The average Bonchev–Trinajstić information content (AvgIpc) is 2.65. The Morgan fingerprint density at radius 3 is 2.32 bits per heavy atom. The normalized spacial score (nSPS) is 10.6. The van der Waals surface area contributed by atoms with Crippen molar-refractivity contribution in [2.75, 3.05) is 21.3 Å². The molecule has 0 unspecified atom stereocenters. The van der Waals surface area contributed by atoms with E-state index in [1.54, 1.807) is 32.5 Å². The summed E-state index contributed by atoms with van der Waals surface area (Å²) in [6.45, 7) is 1.98. The minimum atomic E-state index is -0.441. The highest BCUT2D eigenvalue weighted by molar-refractivity contribution is 6.10. The molecule has 0 amide bonds. The molecular weight excluding hydrogens is 318 g/mol. The molecule has 5 nitrogen and oxygen atoms in total. The number of nitrogens with zero attached hydrogens (tertiary/aromatic N) is 1. The number of fused-ring (bicyclic) bond motifs is 1. The highest BCUT2D eigenvalue weighted by Gasteiger charge is 2.21. The lowest BCUT2D eigenvalue weighted by molar-refractivity contribution is 0.0603. The third-order valence-corrected chi connectivity index (χ3v) is 4.18. The van der Waals surface area contributed by atoms with Crippen LogP contribution < -0.4 is 9.47 Å². The van der Waals surface area contributed by atoms with Gasteiger partial charge in [0.05, 0.1) is 32.6 Å². The number of hydrogen-bond donors (Lipinski definition) is 0. The van der Waals surface area contributed by atoms with Crippen molar-refractivity contribution < 1.29 is 19.0 Å². The van der Waals surface area contributed by atoms with Crippen LogP contribution in [0.15, 0.2) is 42.6 Å². The largest absolute Gasteiger partial charge is 0.493 e. The van der Waals surface area contributed by atoms with Gasteiger partial charge in [-0.05, 0) is 24.6 Å². The quantitative estimate of drug-likeness (QED) is 0.673. The number of benzene rings is 2. The molecule has 0 saturated carbocycles. The second-order valence-corrected chi connectivity index (χ2v) is 5.58. The zero-order valence-corrected chi connectivity index (χ0v) is 14.6. The summed E-state index contributed by atoms with van der Waals surface area (Å²) in [5.74, 6) is 0.682. The third kappa shape index (κ3) is 2.89. The Labute approximate surface area is 146 Å². The summed E-state index contributed by atoms with van der Waals surface area (Å²) < 4.78 is 15.7. The number of carbonyl (C=O) groups excluding carboxylic acids is 1. The molecule has 0 radical (unpaired) electrons. The molecule has 0 aliphatic rings. The van der Waals surface area contributed by atoms with Crippen LogP contribution in [0.4, 0.5) is 0 Å². The average molecular weight is 337 g/mol. The van der Waals surface area contributed by atoms with Crippen LogP contribution in [0.2, 0.25) is 0 Å². The van der Waals surface area contributed by atoms with Gasteiger partial charge in [0.1, 0.15) is 0 Å². The first-order chi connectivity index (χ1) is 12.1. The molecule has 128 valence electrons. The summed E-state index contributed by atoms with van der Waals surface area (Å²) in [4.78, 5) is 17.1. The zero-order chi connectivity index (χ0) is 18.0. The summed E-state index contributed by atoms with van der Waals surface area (Å²) in [7, 11) is 4.49. The van der Waals surface area contributed by atoms with E-state index in [0.29, 0.717) is 28.1 Å². The molecule has 0 aliphatic heterocycles. The molecule has 2 aromatic carbocycles. The van der Waals surface area contributed by atoms with Crippen LogP contribution in [-0.2, 0) is 4.74 Å². The monoisotopic (exact) mass is 337 g/mol. The fraction of sp³-hybridized carbons (Fsp3) is 0.200. The molecule has 0 aliphatic carbocycles. The number of hydrogen-bond acceptors (Lipinski definition) is 5. The number of methoxy groups -OCH3 is 3. The highest BCUT2D eigenvalue weighted by atomic mass is 16.5. The van der Waals surface area contributed by atoms with Crippen LogP contribution in [0.1, 0.15) is 15.9 Å². The van der Waals surface area contributed by atoms with Gasteiger partial charge in [-0.25, -0.2) is 4.79 Å². The van der Waals surface area contributed by atoms with Crippen molar-refractivity contribution in [2.45, 2.75) is 6.92 Å². The molecule has 1 aromatic heterocycles. The Morgan fingerprint density at radius 2 is 1.68 bits per heavy atom. The molecule has 0 N–H and O–H groups in total. The van der Waals surface area contributed by atoms with Gasteiger partial charge in [-0.1, -0.05) is 24.3 Å². The number of aromatic nitrogens is 1. The van der Waals surface area contributed by atoms with Crippen molar-refractivity contribution in [2.24, 2.45) is 0 Å². The van der Waals surface area contributed by atoms with E-state index in [1.807, 2.05) is 31.2 Å². The van der Waals surface area contributed by atoms with Crippen molar-refractivity contribution in [3.8, 4) is 22.8 Å². The summed E-state index contributed by atoms with van der Waals surface area (Å²) in [6.07, 6.45) is 1.73. The van der Waals surface area contributed by atoms with Crippen LogP contribution >= 0.6 is 0 Å². The van der Waals surface area contributed by atoms with E-state index in [-0.39, 0.29) is 0 Å². The van der Waals surface area contributed by atoms with Crippen LogP contribution in [0.25, 0.3) is 22.0 Å². The summed E-state index contributed by atoms with van der Waals surface area (Å²) in [5.41, 5.74) is 2.92. The fourth-order valence-electron chi connectivity index (χ4n) is 2.90. The van der Waals surface area contributed by atoms with E-state index < -0.39 is 5.97 Å². The molecule has 5 heteroatoms. The maximum atomic E-state index is 12.6. The summed E-state index contributed by atoms with van der Waals surface area (Å²) >= 11 is 0. The lowest BCUT2D eigenvalue weighted by atomic mass is 9.97. The second-order valence-electron chi connectivity index (χ2n) is 5.58. The van der Waals surface area contributed by atoms with E-state index in [2.05, 4.69) is 4.98 Å². The predicted octanol–water partition coefficient (Wildman–Crippen LogP) is 4.01. The van der Waals surface area contributed by atoms with Crippen molar-refractivity contribution in [1.29, 1.82) is 0 Å². The van der Waals surface area contributed by atoms with Gasteiger partial charge < -0.3 is 14.2 Å². The Kier molecular flexibility index (Phi) is 4.57. The minimum Gasteiger partial charge on any atom is -0.493 e. The van der Waals surface area contributed by atoms with Gasteiger partial charge in [0.25, 0.3) is 0 Å². The van der Waals surface area contributed by atoms with E-state index in [9.17, 15) is 4.79 Å². The van der Waals surface area contributed by atoms with Gasteiger partial charge in [-0.2, -0.15) is 0 Å². The van der Waals surface area contributed by atoms with Gasteiger partial charge in [0, 0.05) is 22.5 Å². The van der Waals surface area contributed by atoms with Crippen LogP contribution in [-0.4, -0.2) is 32.3 Å². The van der Waals surface area contributed by atoms with E-state index in [1.165, 1.54) is 7.11 Å². The van der Waals surface area contributed by atoms with Crippen LogP contribution in [0, 0.1) is 6.92 Å². The molecule has 0 atom stereocenters. The van der Waals surface area contributed by atoms with Crippen molar-refractivity contribution in [1.82, 2.24) is 4.98 Å². The number of aryl methyl sites for hydroxylation is 1. The Bertz CT molecular complexity index is 950. The molecule has 1 heterocycles. The second kappa shape index (κ2) is 6.81. The molecule has 25 heavy (non-hydrogen) atoms. The summed E-state index contributed by atoms with van der Waals surface area (Å²) in [6, 6.07) is 11.4. The molecule has 0 fully saturated rings. The number of pyridine rings is 1. The molecule has 0 bridgehead atoms. The molecule has 3 aromatic rings. The third-order valence-electron chi connectivity index (χ3n) is 4.18. The van der Waals surface area contributed by atoms with Gasteiger partial charge in [-0.3, -0.25) is 4.98 Å².